The van der Waals surface area contributed by atoms with Crippen molar-refractivity contribution in [3.8, 4) is 0 Å². The molecule has 4 aliphatic rings. The van der Waals surface area contributed by atoms with Gasteiger partial charge in [0, 0.05) is 38.1 Å². The Balaban J connectivity index is 1.31. The van der Waals surface area contributed by atoms with Gasteiger partial charge in [0.15, 0.2) is 0 Å². The maximum absolute atomic E-state index is 12.3. The number of piperidine rings is 1. The maximum Gasteiger partial charge on any atom is 0.225 e. The Hall–Kier alpha value is -0.610. The van der Waals surface area contributed by atoms with Gasteiger partial charge in [-0.25, -0.2) is 0 Å². The number of amides is 1. The fraction of sp³-hybridized carbons (Fsp3) is 0.944. The molecule has 22 heavy (non-hydrogen) atoms. The van der Waals surface area contributed by atoms with Crippen LogP contribution in [-0.4, -0.2) is 58.6 Å². The van der Waals surface area contributed by atoms with Crippen molar-refractivity contribution in [2.75, 3.05) is 26.2 Å². The van der Waals surface area contributed by atoms with Gasteiger partial charge in [-0.15, -0.1) is 0 Å². The summed E-state index contributed by atoms with van der Waals surface area (Å²) >= 11 is 0. The zero-order chi connectivity index (χ0) is 15.3. The topological polar surface area (TPSA) is 43.8 Å². The van der Waals surface area contributed by atoms with Crippen molar-refractivity contribution in [2.45, 2.75) is 63.5 Å². The lowest BCUT2D eigenvalue weighted by Gasteiger charge is -2.39. The summed E-state index contributed by atoms with van der Waals surface area (Å²) in [6.07, 6.45) is 8.05. The average molecular weight is 306 g/mol. The van der Waals surface area contributed by atoms with E-state index in [-0.39, 0.29) is 0 Å². The molecule has 124 valence electrons. The van der Waals surface area contributed by atoms with Gasteiger partial charge in [0.2, 0.25) is 5.91 Å². The molecule has 2 aliphatic heterocycles. The van der Waals surface area contributed by atoms with Crippen molar-refractivity contribution in [3.05, 3.63) is 0 Å². The molecule has 4 rings (SSSR count). The van der Waals surface area contributed by atoms with Crippen LogP contribution >= 0.6 is 0 Å². The molecule has 1 N–H and O–H groups in total. The monoisotopic (exact) mass is 306 g/mol. The minimum absolute atomic E-state index is 0.336. The number of hydrogen-bond acceptors (Lipinski definition) is 3. The van der Waals surface area contributed by atoms with E-state index in [1.807, 2.05) is 0 Å². The number of likely N-dealkylation sites (tertiary alicyclic amines) is 2. The van der Waals surface area contributed by atoms with E-state index in [1.54, 1.807) is 0 Å². The molecule has 0 bridgehead atoms. The van der Waals surface area contributed by atoms with Crippen molar-refractivity contribution in [2.24, 2.45) is 17.8 Å². The van der Waals surface area contributed by atoms with Crippen LogP contribution in [0.3, 0.4) is 0 Å². The van der Waals surface area contributed by atoms with Gasteiger partial charge in [-0.2, -0.15) is 0 Å². The number of nitrogens with zero attached hydrogens (tertiary/aromatic N) is 2. The lowest BCUT2D eigenvalue weighted by atomic mass is 9.84. The highest BCUT2D eigenvalue weighted by Gasteiger charge is 2.53. The second-order valence-electron chi connectivity index (χ2n) is 8.28. The van der Waals surface area contributed by atoms with E-state index in [2.05, 4.69) is 16.7 Å². The van der Waals surface area contributed by atoms with E-state index in [0.717, 1.165) is 51.9 Å². The summed E-state index contributed by atoms with van der Waals surface area (Å²) in [5.41, 5.74) is -0.432. The van der Waals surface area contributed by atoms with Crippen LogP contribution in [0.25, 0.3) is 0 Å². The predicted molar refractivity (Wildman–Crippen MR) is 85.4 cm³/mol. The molecule has 0 aromatic carbocycles. The zero-order valence-electron chi connectivity index (χ0n) is 13.8. The van der Waals surface area contributed by atoms with E-state index >= 15 is 0 Å². The van der Waals surface area contributed by atoms with Gasteiger partial charge in [0.05, 0.1) is 5.60 Å². The molecule has 2 heterocycles. The Kier molecular flexibility index (Phi) is 3.73. The third-order valence-electron chi connectivity index (χ3n) is 6.85. The van der Waals surface area contributed by atoms with Crippen molar-refractivity contribution >= 4 is 5.91 Å². The first-order valence-electron chi connectivity index (χ1n) is 9.33. The molecule has 2 saturated carbocycles. The first-order chi connectivity index (χ1) is 10.6. The number of β-amino-alcohol motifs (C(OH)–C–C–N with tert-alkyl or cyclic N) is 1. The average Bonchev–Trinajstić information content (AvgIpc) is 3.25. The number of aliphatic hydroxyl groups is 1. The first-order valence-corrected chi connectivity index (χ1v) is 9.33. The fourth-order valence-corrected chi connectivity index (χ4v) is 4.81. The second-order valence-corrected chi connectivity index (χ2v) is 8.28. The summed E-state index contributed by atoms with van der Waals surface area (Å²) in [6.45, 7) is 5.96. The zero-order valence-corrected chi connectivity index (χ0v) is 13.8. The Bertz CT molecular complexity index is 438. The van der Waals surface area contributed by atoms with Gasteiger partial charge in [0.1, 0.15) is 0 Å². The molecular formula is C18H30N2O2. The molecule has 4 heteroatoms. The molecule has 0 aromatic heterocycles. The van der Waals surface area contributed by atoms with Crippen LogP contribution in [-0.2, 0) is 4.79 Å². The third kappa shape index (κ3) is 2.48. The highest BCUT2D eigenvalue weighted by molar-refractivity contribution is 5.79. The lowest BCUT2D eigenvalue weighted by molar-refractivity contribution is -0.139. The summed E-state index contributed by atoms with van der Waals surface area (Å²) in [5.74, 6) is 1.69. The second kappa shape index (κ2) is 5.48. The van der Waals surface area contributed by atoms with Crippen molar-refractivity contribution in [1.29, 1.82) is 0 Å². The third-order valence-corrected chi connectivity index (χ3v) is 6.85. The fourth-order valence-electron chi connectivity index (χ4n) is 4.81. The van der Waals surface area contributed by atoms with Gasteiger partial charge >= 0.3 is 0 Å². The summed E-state index contributed by atoms with van der Waals surface area (Å²) in [6, 6.07) is 0.570. The molecule has 2 saturated heterocycles. The van der Waals surface area contributed by atoms with Crippen LogP contribution < -0.4 is 0 Å². The summed E-state index contributed by atoms with van der Waals surface area (Å²) < 4.78 is 0. The molecule has 2 aliphatic carbocycles. The SMILES string of the molecule is C[C@@H]1CN(C2CCN(C(=O)C3CCC3)CC2)C[C@@]1(O)C1CC1. The summed E-state index contributed by atoms with van der Waals surface area (Å²) in [5, 5.41) is 10.9. The van der Waals surface area contributed by atoms with Crippen LogP contribution in [0.4, 0.5) is 0 Å². The van der Waals surface area contributed by atoms with E-state index in [1.165, 1.54) is 19.3 Å². The molecule has 0 spiro atoms. The van der Waals surface area contributed by atoms with Gasteiger partial charge in [-0.3, -0.25) is 9.69 Å². The van der Waals surface area contributed by atoms with Crippen LogP contribution in [0.5, 0.6) is 0 Å². The number of carbonyl (C=O) groups is 1. The summed E-state index contributed by atoms with van der Waals surface area (Å²) in [7, 11) is 0. The van der Waals surface area contributed by atoms with Gasteiger partial charge in [-0.05, 0) is 50.4 Å². The molecule has 1 amide bonds. The van der Waals surface area contributed by atoms with Gasteiger partial charge in [-0.1, -0.05) is 13.3 Å². The van der Waals surface area contributed by atoms with Gasteiger partial charge in [0.25, 0.3) is 0 Å². The molecule has 0 radical (unpaired) electrons. The largest absolute Gasteiger partial charge is 0.388 e. The minimum Gasteiger partial charge on any atom is -0.388 e. The van der Waals surface area contributed by atoms with Crippen molar-refractivity contribution < 1.29 is 9.90 Å². The van der Waals surface area contributed by atoms with E-state index in [4.69, 9.17) is 0 Å². The molecule has 4 fully saturated rings. The quantitative estimate of drug-likeness (QED) is 0.866. The minimum atomic E-state index is -0.432. The Morgan fingerprint density at radius 2 is 1.77 bits per heavy atom. The number of hydrogen-bond donors (Lipinski definition) is 1. The Morgan fingerprint density at radius 1 is 1.09 bits per heavy atom. The standard InChI is InChI=1S/C18H30N2O2/c1-13-11-20(12-18(13,22)15-5-6-15)16-7-9-19(10-8-16)17(21)14-3-2-4-14/h13-16,22H,2-12H2,1H3/t13-,18+/m1/s1. The highest BCUT2D eigenvalue weighted by atomic mass is 16.3. The molecule has 2 atom stereocenters. The van der Waals surface area contributed by atoms with Crippen LogP contribution in [0, 0.1) is 17.8 Å². The molecule has 4 nitrogen and oxygen atoms in total. The van der Waals surface area contributed by atoms with Crippen LogP contribution in [0.2, 0.25) is 0 Å². The van der Waals surface area contributed by atoms with E-state index in [9.17, 15) is 9.90 Å². The van der Waals surface area contributed by atoms with E-state index in [0.29, 0.717) is 29.7 Å². The highest BCUT2D eigenvalue weighted by Crippen LogP contribution is 2.47. The van der Waals surface area contributed by atoms with Crippen molar-refractivity contribution in [3.63, 3.8) is 0 Å². The normalized spacial score (nSPS) is 38.3. The Morgan fingerprint density at radius 3 is 2.32 bits per heavy atom. The summed E-state index contributed by atoms with van der Waals surface area (Å²) in [4.78, 5) is 17.0. The smallest absolute Gasteiger partial charge is 0.225 e. The number of rotatable bonds is 3. The number of carbonyl (C=O) groups excluding carboxylic acids is 1. The van der Waals surface area contributed by atoms with Crippen LogP contribution in [0.1, 0.15) is 51.9 Å². The lowest BCUT2D eigenvalue weighted by Crippen LogP contribution is -2.49. The first kappa shape index (κ1) is 14.9. The molecule has 0 unspecified atom stereocenters. The van der Waals surface area contributed by atoms with Gasteiger partial charge < -0.3 is 10.0 Å². The predicted octanol–water partition coefficient (Wildman–Crippen LogP) is 1.87. The Labute approximate surface area is 133 Å². The molecule has 0 aromatic rings. The van der Waals surface area contributed by atoms with E-state index < -0.39 is 5.60 Å². The van der Waals surface area contributed by atoms with Crippen LogP contribution in [0.15, 0.2) is 0 Å². The van der Waals surface area contributed by atoms with Crippen molar-refractivity contribution in [1.82, 2.24) is 9.80 Å². The maximum atomic E-state index is 12.3. The molecular weight excluding hydrogens is 276 g/mol.